The van der Waals surface area contributed by atoms with E-state index in [2.05, 4.69) is 4.98 Å². The molecule has 0 bridgehead atoms. The van der Waals surface area contributed by atoms with E-state index in [0.29, 0.717) is 27.1 Å². The average Bonchev–Trinajstić information content (AvgIpc) is 3.16. The number of H-pyrrole nitrogens is 1. The molecule has 0 amide bonds. The normalized spacial score (nSPS) is 11.1. The number of halogens is 1. The van der Waals surface area contributed by atoms with Crippen LogP contribution in [0.3, 0.4) is 0 Å². The highest BCUT2D eigenvalue weighted by molar-refractivity contribution is 7.17. The van der Waals surface area contributed by atoms with Crippen LogP contribution < -0.4 is 16.0 Å². The minimum absolute atomic E-state index is 0.233. The van der Waals surface area contributed by atoms with Crippen molar-refractivity contribution in [1.29, 1.82) is 0 Å². The standard InChI is InChI=1S/C23H19FN2O4S/c1-12-4-7-19(30-3)15(8-12)16-11-31-21-20(16)22(28)26(23(29)25-21)10-18(27)14-5-6-17(24)13(2)9-14/h4-9,11H,10H2,1-3H3,(H,25,29). The zero-order valence-corrected chi connectivity index (χ0v) is 17.9. The molecule has 0 saturated carbocycles. The van der Waals surface area contributed by atoms with Gasteiger partial charge in [-0.25, -0.2) is 9.18 Å². The van der Waals surface area contributed by atoms with Gasteiger partial charge in [0.05, 0.1) is 19.0 Å². The average molecular weight is 438 g/mol. The maximum absolute atomic E-state index is 13.5. The van der Waals surface area contributed by atoms with Gasteiger partial charge in [0.1, 0.15) is 16.4 Å². The predicted octanol–water partition coefficient (Wildman–Crippen LogP) is 4.07. The lowest BCUT2D eigenvalue weighted by Crippen LogP contribution is -2.37. The summed E-state index contributed by atoms with van der Waals surface area (Å²) in [5.74, 6) is -0.289. The van der Waals surface area contributed by atoms with Crippen molar-refractivity contribution in [3.63, 3.8) is 0 Å². The number of aryl methyl sites for hydroxylation is 2. The van der Waals surface area contributed by atoms with Crippen LogP contribution in [0.15, 0.2) is 51.4 Å². The van der Waals surface area contributed by atoms with E-state index in [-0.39, 0.29) is 5.56 Å². The Morgan fingerprint density at radius 3 is 2.61 bits per heavy atom. The van der Waals surface area contributed by atoms with Crippen molar-refractivity contribution in [2.45, 2.75) is 20.4 Å². The lowest BCUT2D eigenvalue weighted by atomic mass is 10.0. The van der Waals surface area contributed by atoms with Crippen LogP contribution in [-0.4, -0.2) is 22.4 Å². The maximum Gasteiger partial charge on any atom is 0.329 e. The predicted molar refractivity (Wildman–Crippen MR) is 119 cm³/mol. The highest BCUT2D eigenvalue weighted by atomic mass is 32.1. The zero-order chi connectivity index (χ0) is 22.3. The Hall–Kier alpha value is -3.52. The van der Waals surface area contributed by atoms with Gasteiger partial charge in [-0.1, -0.05) is 11.6 Å². The fraction of sp³-hybridized carbons (Fsp3) is 0.174. The van der Waals surface area contributed by atoms with Crippen molar-refractivity contribution >= 4 is 27.3 Å². The highest BCUT2D eigenvalue weighted by Crippen LogP contribution is 2.36. The number of hydrogen-bond donors (Lipinski definition) is 1. The number of nitrogens with one attached hydrogen (secondary N) is 1. The first-order valence-electron chi connectivity index (χ1n) is 9.49. The lowest BCUT2D eigenvalue weighted by Gasteiger charge is -2.10. The monoisotopic (exact) mass is 438 g/mol. The number of ketones is 1. The Morgan fingerprint density at radius 2 is 1.90 bits per heavy atom. The molecular weight excluding hydrogens is 419 g/mol. The van der Waals surface area contributed by atoms with Crippen LogP contribution in [0.1, 0.15) is 21.5 Å². The third-order valence-electron chi connectivity index (χ3n) is 5.14. The second kappa shape index (κ2) is 7.96. The number of methoxy groups -OCH3 is 1. The molecule has 0 unspecified atom stereocenters. The molecule has 4 aromatic rings. The molecule has 2 aromatic carbocycles. The third kappa shape index (κ3) is 3.70. The summed E-state index contributed by atoms with van der Waals surface area (Å²) >= 11 is 1.24. The summed E-state index contributed by atoms with van der Waals surface area (Å²) in [5, 5.41) is 2.10. The van der Waals surface area contributed by atoms with Crippen molar-refractivity contribution in [3.05, 3.63) is 85.1 Å². The molecule has 2 aromatic heterocycles. The maximum atomic E-state index is 13.5. The number of hydrogen-bond acceptors (Lipinski definition) is 5. The zero-order valence-electron chi connectivity index (χ0n) is 17.1. The number of benzene rings is 2. The van der Waals surface area contributed by atoms with Gasteiger partial charge in [-0.2, -0.15) is 0 Å². The van der Waals surface area contributed by atoms with Crippen LogP contribution in [-0.2, 0) is 6.54 Å². The molecular formula is C23H19FN2O4S. The number of rotatable bonds is 5. The van der Waals surface area contributed by atoms with Crippen LogP contribution in [0.2, 0.25) is 0 Å². The number of Topliss-reactive ketones (excluding diaryl/α,β-unsaturated/α-hetero) is 1. The van der Waals surface area contributed by atoms with Gasteiger partial charge in [0.25, 0.3) is 5.56 Å². The van der Waals surface area contributed by atoms with E-state index in [9.17, 15) is 18.8 Å². The highest BCUT2D eigenvalue weighted by Gasteiger charge is 2.19. The smallest absolute Gasteiger partial charge is 0.329 e. The molecule has 6 nitrogen and oxygen atoms in total. The molecule has 0 aliphatic carbocycles. The third-order valence-corrected chi connectivity index (χ3v) is 6.04. The van der Waals surface area contributed by atoms with Crippen molar-refractivity contribution in [2.24, 2.45) is 0 Å². The molecule has 158 valence electrons. The summed E-state index contributed by atoms with van der Waals surface area (Å²) in [7, 11) is 1.55. The Morgan fingerprint density at radius 1 is 1.13 bits per heavy atom. The Balaban J connectivity index is 1.85. The van der Waals surface area contributed by atoms with Crippen LogP contribution in [0, 0.1) is 19.7 Å². The fourth-order valence-electron chi connectivity index (χ4n) is 3.48. The number of nitrogens with zero attached hydrogens (tertiary/aromatic N) is 1. The second-order valence-electron chi connectivity index (χ2n) is 7.27. The van der Waals surface area contributed by atoms with Crippen LogP contribution in [0.4, 0.5) is 4.39 Å². The molecule has 0 spiro atoms. The SMILES string of the molecule is COc1ccc(C)cc1-c1csc2[nH]c(=O)n(CC(=O)c3ccc(F)c(C)c3)c(=O)c12. The quantitative estimate of drug-likeness (QED) is 0.477. The van der Waals surface area contributed by atoms with E-state index < -0.39 is 29.4 Å². The summed E-state index contributed by atoms with van der Waals surface area (Å²) in [6.45, 7) is 3.03. The Bertz CT molecular complexity index is 1450. The van der Waals surface area contributed by atoms with Gasteiger partial charge in [0.15, 0.2) is 5.78 Å². The molecule has 0 atom stereocenters. The van der Waals surface area contributed by atoms with Crippen molar-refractivity contribution < 1.29 is 13.9 Å². The summed E-state index contributed by atoms with van der Waals surface area (Å²) in [4.78, 5) is 41.6. The molecule has 0 aliphatic heterocycles. The molecule has 1 N–H and O–H groups in total. The molecule has 31 heavy (non-hydrogen) atoms. The van der Waals surface area contributed by atoms with Crippen LogP contribution in [0.25, 0.3) is 21.3 Å². The molecule has 4 rings (SSSR count). The number of aromatic nitrogens is 2. The number of carbonyl (C=O) groups is 1. The van der Waals surface area contributed by atoms with E-state index in [1.54, 1.807) is 19.4 Å². The van der Waals surface area contributed by atoms with Gasteiger partial charge in [-0.3, -0.25) is 19.1 Å². The van der Waals surface area contributed by atoms with E-state index in [4.69, 9.17) is 4.74 Å². The Labute approximate surface area is 180 Å². The van der Waals surface area contributed by atoms with Gasteiger partial charge in [-0.15, -0.1) is 11.3 Å². The van der Waals surface area contributed by atoms with Gasteiger partial charge in [-0.05, 0) is 49.7 Å². The number of aromatic amines is 1. The first-order valence-corrected chi connectivity index (χ1v) is 10.4. The van der Waals surface area contributed by atoms with E-state index in [0.717, 1.165) is 15.7 Å². The van der Waals surface area contributed by atoms with Crippen molar-refractivity contribution in [3.8, 4) is 16.9 Å². The minimum Gasteiger partial charge on any atom is -0.496 e. The summed E-state index contributed by atoms with van der Waals surface area (Å²) in [6.07, 6.45) is 0. The van der Waals surface area contributed by atoms with Crippen LogP contribution >= 0.6 is 11.3 Å². The number of thiophene rings is 1. The molecule has 0 aliphatic rings. The van der Waals surface area contributed by atoms with Crippen molar-refractivity contribution in [1.82, 2.24) is 9.55 Å². The molecule has 8 heteroatoms. The summed E-state index contributed by atoms with van der Waals surface area (Å²) in [5.41, 5.74) is 1.65. The largest absolute Gasteiger partial charge is 0.496 e. The van der Waals surface area contributed by atoms with E-state index in [1.165, 1.54) is 29.5 Å². The van der Waals surface area contributed by atoms with Gasteiger partial charge in [0.2, 0.25) is 0 Å². The molecule has 0 saturated heterocycles. The Kier molecular flexibility index (Phi) is 5.32. The molecule has 2 heterocycles. The fourth-order valence-corrected chi connectivity index (χ4v) is 4.42. The van der Waals surface area contributed by atoms with Crippen molar-refractivity contribution in [2.75, 3.05) is 7.11 Å². The van der Waals surface area contributed by atoms with Gasteiger partial charge >= 0.3 is 5.69 Å². The second-order valence-corrected chi connectivity index (χ2v) is 8.15. The number of ether oxygens (including phenoxy) is 1. The lowest BCUT2D eigenvalue weighted by molar-refractivity contribution is 0.0969. The molecule has 0 radical (unpaired) electrons. The minimum atomic E-state index is -0.672. The van der Waals surface area contributed by atoms with Gasteiger partial charge in [0, 0.05) is 22.1 Å². The topological polar surface area (TPSA) is 81.2 Å². The first kappa shape index (κ1) is 20.7. The van der Waals surface area contributed by atoms with Crippen LogP contribution in [0.5, 0.6) is 5.75 Å². The number of carbonyl (C=O) groups excluding carboxylic acids is 1. The first-order chi connectivity index (χ1) is 14.8. The van der Waals surface area contributed by atoms with E-state index in [1.807, 2.05) is 25.1 Å². The molecule has 0 fully saturated rings. The van der Waals surface area contributed by atoms with Gasteiger partial charge < -0.3 is 4.74 Å². The number of fused-ring (bicyclic) bond motifs is 1. The summed E-state index contributed by atoms with van der Waals surface area (Å²) < 4.78 is 19.8. The van der Waals surface area contributed by atoms with E-state index >= 15 is 0 Å². The summed E-state index contributed by atoms with van der Waals surface area (Å²) in [6, 6.07) is 9.57.